The van der Waals surface area contributed by atoms with Gasteiger partial charge >= 0.3 is 5.97 Å². The van der Waals surface area contributed by atoms with Gasteiger partial charge in [-0.1, -0.05) is 55.2 Å². The van der Waals surface area contributed by atoms with Gasteiger partial charge < -0.3 is 16.2 Å². The number of thiazole rings is 1. The smallest absolute Gasteiger partial charge is 0.308 e. The molecule has 2 aromatic carbocycles. The number of aliphatic carboxylic acids is 1. The van der Waals surface area contributed by atoms with Crippen molar-refractivity contribution in [2.45, 2.75) is 26.7 Å². The van der Waals surface area contributed by atoms with E-state index in [4.69, 9.17) is 33.9 Å². The van der Waals surface area contributed by atoms with Gasteiger partial charge in [-0.15, -0.1) is 11.3 Å². The molecule has 0 aliphatic rings. The Hall–Kier alpha value is -2.61. The highest BCUT2D eigenvalue weighted by Crippen LogP contribution is 2.35. The zero-order chi connectivity index (χ0) is 24.1. The van der Waals surface area contributed by atoms with Crippen molar-refractivity contribution in [2.24, 2.45) is 17.6 Å². The van der Waals surface area contributed by atoms with Gasteiger partial charge in [0, 0.05) is 22.5 Å². The lowest BCUT2D eigenvalue weighted by Crippen LogP contribution is -2.25. The summed E-state index contributed by atoms with van der Waals surface area (Å²) in [5.74, 6) is -1.77. The monoisotopic (exact) mass is 505 g/mol. The van der Waals surface area contributed by atoms with Gasteiger partial charge in [0.2, 0.25) is 5.91 Å². The highest BCUT2D eigenvalue weighted by atomic mass is 35.5. The van der Waals surface area contributed by atoms with Crippen LogP contribution in [0.15, 0.2) is 42.5 Å². The molecule has 0 bridgehead atoms. The molecule has 0 radical (unpaired) electrons. The van der Waals surface area contributed by atoms with Crippen molar-refractivity contribution in [2.75, 3.05) is 11.9 Å². The quantitative estimate of drug-likeness (QED) is 0.324. The highest BCUT2D eigenvalue weighted by Gasteiger charge is 2.21. The summed E-state index contributed by atoms with van der Waals surface area (Å²) in [5.41, 5.74) is 8.10. The minimum Gasteiger partial charge on any atom is -0.481 e. The van der Waals surface area contributed by atoms with E-state index in [1.54, 1.807) is 36.4 Å². The number of hydrogen-bond acceptors (Lipinski definition) is 5. The van der Waals surface area contributed by atoms with Crippen LogP contribution in [0, 0.1) is 11.8 Å². The third-order valence-electron chi connectivity index (χ3n) is 5.03. The molecule has 0 saturated carbocycles. The molecular weight excluding hydrogens is 481 g/mol. The lowest BCUT2D eigenvalue weighted by Gasteiger charge is -2.13. The summed E-state index contributed by atoms with van der Waals surface area (Å²) < 4.78 is 0. The zero-order valence-corrected chi connectivity index (χ0v) is 20.6. The van der Waals surface area contributed by atoms with E-state index in [0.29, 0.717) is 26.7 Å². The van der Waals surface area contributed by atoms with Crippen LogP contribution >= 0.6 is 34.5 Å². The molecule has 174 valence electrons. The van der Waals surface area contributed by atoms with E-state index in [0.717, 1.165) is 28.1 Å². The fourth-order valence-electron chi connectivity index (χ4n) is 3.40. The standard InChI is InChI=1S/C24H25Cl2N3O3S/c1-13(2)8-20-21(15-6-7-18(25)19(26)11-15)29-24(33-20)28-12-17(23(31)32)10-14-4-3-5-16(9-14)22(27)30/h3-7,9,11,13,17H,8,10,12H2,1-2H3,(H2,27,30)(H,28,29)(H,31,32). The molecule has 0 spiro atoms. The first-order valence-corrected chi connectivity index (χ1v) is 12.0. The van der Waals surface area contributed by atoms with Crippen LogP contribution < -0.4 is 11.1 Å². The molecule has 33 heavy (non-hydrogen) atoms. The van der Waals surface area contributed by atoms with Crippen molar-refractivity contribution in [3.8, 4) is 11.3 Å². The maximum atomic E-state index is 11.9. The van der Waals surface area contributed by atoms with Gasteiger partial charge in [-0.3, -0.25) is 9.59 Å². The number of carboxylic acid groups (broad SMARTS) is 1. The van der Waals surface area contributed by atoms with Crippen LogP contribution in [0.2, 0.25) is 10.0 Å². The lowest BCUT2D eigenvalue weighted by atomic mass is 9.98. The number of rotatable bonds is 10. The van der Waals surface area contributed by atoms with Gasteiger partial charge in [-0.25, -0.2) is 4.98 Å². The van der Waals surface area contributed by atoms with Crippen molar-refractivity contribution < 1.29 is 14.7 Å². The SMILES string of the molecule is CC(C)Cc1sc(NCC(Cc2cccc(C(N)=O)c2)C(=O)O)nc1-c1ccc(Cl)c(Cl)c1. The number of nitrogens with one attached hydrogen (secondary N) is 1. The van der Waals surface area contributed by atoms with E-state index in [9.17, 15) is 14.7 Å². The maximum Gasteiger partial charge on any atom is 0.308 e. The van der Waals surface area contributed by atoms with Crippen LogP contribution in [0.25, 0.3) is 11.3 Å². The summed E-state index contributed by atoms with van der Waals surface area (Å²) in [6.45, 7) is 4.45. The molecule has 3 rings (SSSR count). The number of anilines is 1. The second-order valence-electron chi connectivity index (χ2n) is 8.20. The Morgan fingerprint density at radius 3 is 2.52 bits per heavy atom. The molecule has 3 aromatic rings. The van der Waals surface area contributed by atoms with Gasteiger partial charge in [0.25, 0.3) is 0 Å². The summed E-state index contributed by atoms with van der Waals surface area (Å²) in [6, 6.07) is 12.1. The van der Waals surface area contributed by atoms with E-state index in [2.05, 4.69) is 19.2 Å². The Balaban J connectivity index is 1.80. The molecule has 0 aliphatic carbocycles. The van der Waals surface area contributed by atoms with Crippen molar-refractivity contribution in [1.82, 2.24) is 4.98 Å². The fraction of sp³-hybridized carbons (Fsp3) is 0.292. The Morgan fingerprint density at radius 2 is 1.88 bits per heavy atom. The topological polar surface area (TPSA) is 105 Å². The number of carbonyl (C=O) groups excluding carboxylic acids is 1. The summed E-state index contributed by atoms with van der Waals surface area (Å²) in [7, 11) is 0. The zero-order valence-electron chi connectivity index (χ0n) is 18.3. The van der Waals surface area contributed by atoms with Crippen molar-refractivity contribution in [3.63, 3.8) is 0 Å². The van der Waals surface area contributed by atoms with Crippen LogP contribution in [-0.4, -0.2) is 28.5 Å². The van der Waals surface area contributed by atoms with Gasteiger partial charge in [-0.2, -0.15) is 0 Å². The summed E-state index contributed by atoms with van der Waals surface area (Å²) in [6.07, 6.45) is 1.09. The third-order valence-corrected chi connectivity index (χ3v) is 6.80. The third kappa shape index (κ3) is 6.69. The van der Waals surface area contributed by atoms with Crippen LogP contribution in [0.1, 0.15) is 34.6 Å². The Kier molecular flexibility index (Phi) is 8.35. The minimum absolute atomic E-state index is 0.186. The first-order chi connectivity index (χ1) is 15.6. The summed E-state index contributed by atoms with van der Waals surface area (Å²) in [5, 5.41) is 14.5. The maximum absolute atomic E-state index is 11.9. The van der Waals surface area contributed by atoms with E-state index in [1.165, 1.54) is 11.3 Å². The number of carbonyl (C=O) groups is 2. The molecule has 0 aliphatic heterocycles. The summed E-state index contributed by atoms with van der Waals surface area (Å²) >= 11 is 13.8. The molecule has 6 nitrogen and oxygen atoms in total. The predicted octanol–water partition coefficient (Wildman–Crippen LogP) is 5.77. The van der Waals surface area contributed by atoms with Gasteiger partial charge in [0.05, 0.1) is 21.7 Å². The molecule has 4 N–H and O–H groups in total. The second-order valence-corrected chi connectivity index (χ2v) is 10.1. The van der Waals surface area contributed by atoms with E-state index >= 15 is 0 Å². The van der Waals surface area contributed by atoms with Crippen LogP contribution in [-0.2, 0) is 17.6 Å². The van der Waals surface area contributed by atoms with Crippen molar-refractivity contribution in [3.05, 3.63) is 68.5 Å². The Bertz CT molecular complexity index is 1160. The number of nitrogens with zero attached hydrogens (tertiary/aromatic N) is 1. The number of benzene rings is 2. The summed E-state index contributed by atoms with van der Waals surface area (Å²) in [4.78, 5) is 29.1. The molecule has 0 fully saturated rings. The lowest BCUT2D eigenvalue weighted by molar-refractivity contribution is -0.141. The van der Waals surface area contributed by atoms with Crippen LogP contribution in [0.4, 0.5) is 5.13 Å². The number of carboxylic acids is 1. The molecule has 1 aromatic heterocycles. The van der Waals surface area contributed by atoms with Gasteiger partial charge in [0.15, 0.2) is 5.13 Å². The number of aromatic nitrogens is 1. The number of primary amides is 1. The van der Waals surface area contributed by atoms with Crippen molar-refractivity contribution in [1.29, 1.82) is 0 Å². The number of hydrogen-bond donors (Lipinski definition) is 3. The normalized spacial score (nSPS) is 12.0. The number of nitrogens with two attached hydrogens (primary N) is 1. The van der Waals surface area contributed by atoms with Crippen LogP contribution in [0.5, 0.6) is 0 Å². The average Bonchev–Trinajstić information content (AvgIpc) is 3.14. The predicted molar refractivity (Wildman–Crippen MR) is 134 cm³/mol. The number of halogens is 2. The largest absolute Gasteiger partial charge is 0.481 e. The average molecular weight is 506 g/mol. The molecule has 1 heterocycles. The fourth-order valence-corrected chi connectivity index (χ4v) is 4.90. The van der Waals surface area contributed by atoms with Gasteiger partial charge in [-0.05, 0) is 48.6 Å². The molecular formula is C24H25Cl2N3O3S. The van der Waals surface area contributed by atoms with Crippen LogP contribution in [0.3, 0.4) is 0 Å². The van der Waals surface area contributed by atoms with E-state index in [-0.39, 0.29) is 13.0 Å². The molecule has 0 saturated heterocycles. The minimum atomic E-state index is -0.935. The van der Waals surface area contributed by atoms with E-state index in [1.807, 2.05) is 6.07 Å². The Labute approximate surface area is 206 Å². The number of amides is 1. The van der Waals surface area contributed by atoms with Crippen molar-refractivity contribution >= 4 is 51.5 Å². The highest BCUT2D eigenvalue weighted by molar-refractivity contribution is 7.16. The second kappa shape index (κ2) is 11.0. The molecule has 1 unspecified atom stereocenters. The molecule has 9 heteroatoms. The first kappa shape index (κ1) is 25.0. The molecule has 1 atom stereocenters. The molecule has 1 amide bonds. The first-order valence-electron chi connectivity index (χ1n) is 10.4. The van der Waals surface area contributed by atoms with Gasteiger partial charge in [0.1, 0.15) is 0 Å². The Morgan fingerprint density at radius 1 is 1.12 bits per heavy atom. The van der Waals surface area contributed by atoms with E-state index < -0.39 is 17.8 Å².